The molecule has 4 rings (SSSR count). The fourth-order valence-corrected chi connectivity index (χ4v) is 5.56. The van der Waals surface area contributed by atoms with Crippen molar-refractivity contribution >= 4 is 29.3 Å². The maximum absolute atomic E-state index is 12.8. The van der Waals surface area contributed by atoms with Gasteiger partial charge in [0, 0.05) is 22.8 Å². The number of imidazole rings is 1. The van der Waals surface area contributed by atoms with Crippen LogP contribution < -0.4 is 5.32 Å². The molecule has 0 aliphatic heterocycles. The van der Waals surface area contributed by atoms with E-state index in [9.17, 15) is 4.79 Å². The van der Waals surface area contributed by atoms with Gasteiger partial charge in [-0.2, -0.15) is 0 Å². The van der Waals surface area contributed by atoms with Gasteiger partial charge >= 0.3 is 0 Å². The summed E-state index contributed by atoms with van der Waals surface area (Å²) >= 11 is 7.56. The molecule has 1 heterocycles. The summed E-state index contributed by atoms with van der Waals surface area (Å²) in [6, 6.07) is 14.4. The zero-order chi connectivity index (χ0) is 23.5. The molecule has 3 aromatic rings. The average Bonchev–Trinajstić information content (AvgIpc) is 3.20. The van der Waals surface area contributed by atoms with Crippen molar-refractivity contribution < 1.29 is 4.79 Å². The summed E-state index contributed by atoms with van der Waals surface area (Å²) in [5.74, 6) is 1.59. The van der Waals surface area contributed by atoms with E-state index in [-0.39, 0.29) is 11.9 Å². The average molecular weight is 482 g/mol. The number of carbonyl (C=O) groups is 1. The molecule has 1 aliphatic carbocycles. The monoisotopic (exact) mass is 481 g/mol. The molecule has 1 N–H and O–H groups in total. The van der Waals surface area contributed by atoms with E-state index in [2.05, 4.69) is 55.8 Å². The number of rotatable bonds is 6. The van der Waals surface area contributed by atoms with Crippen LogP contribution in [0.3, 0.4) is 0 Å². The van der Waals surface area contributed by atoms with Crippen LogP contribution in [0.4, 0.5) is 0 Å². The second-order valence-electron chi connectivity index (χ2n) is 9.31. The molecule has 0 radical (unpaired) electrons. The fourth-order valence-electron chi connectivity index (χ4n) is 4.64. The Morgan fingerprint density at radius 3 is 2.64 bits per heavy atom. The van der Waals surface area contributed by atoms with E-state index >= 15 is 0 Å². The molecule has 1 aromatic heterocycles. The van der Waals surface area contributed by atoms with Crippen LogP contribution in [0.1, 0.15) is 44.2 Å². The zero-order valence-corrected chi connectivity index (χ0v) is 21.3. The first-order chi connectivity index (χ1) is 15.8. The number of carbonyl (C=O) groups excluding carboxylic acids is 1. The molecule has 0 bridgehead atoms. The van der Waals surface area contributed by atoms with Crippen molar-refractivity contribution in [2.45, 2.75) is 58.2 Å². The standard InChI is InChI=1S/C27H32ClN3OS/c1-17-8-13-25(19(3)14-17)31-15-24(21-9-11-22(28)12-10-21)30-27(31)33-16-26(32)29-23-7-5-6-18(2)20(23)4/h8-15,18,20,23H,5-7,16H2,1-4H3,(H,29,32)/t18-,20-,23+/m0/s1. The third kappa shape index (κ3) is 5.64. The first-order valence-electron chi connectivity index (χ1n) is 11.7. The highest BCUT2D eigenvalue weighted by Crippen LogP contribution is 2.31. The van der Waals surface area contributed by atoms with Gasteiger partial charge in [-0.05, 0) is 55.9 Å². The Kier molecular flexibility index (Phi) is 7.50. The summed E-state index contributed by atoms with van der Waals surface area (Å²) in [6.07, 6.45) is 5.56. The number of thioether (sulfide) groups is 1. The zero-order valence-electron chi connectivity index (χ0n) is 19.8. The largest absolute Gasteiger partial charge is 0.352 e. The minimum absolute atomic E-state index is 0.0779. The lowest BCUT2D eigenvalue weighted by molar-refractivity contribution is -0.120. The van der Waals surface area contributed by atoms with E-state index < -0.39 is 0 Å². The number of hydrogen-bond acceptors (Lipinski definition) is 3. The third-order valence-corrected chi connectivity index (χ3v) is 8.02. The van der Waals surface area contributed by atoms with E-state index in [0.717, 1.165) is 28.5 Å². The number of amides is 1. The van der Waals surface area contributed by atoms with Gasteiger partial charge in [0.1, 0.15) is 0 Å². The molecule has 0 unspecified atom stereocenters. The quantitative estimate of drug-likeness (QED) is 0.392. The molecule has 0 saturated heterocycles. The molecule has 4 nitrogen and oxygen atoms in total. The van der Waals surface area contributed by atoms with Crippen molar-refractivity contribution in [3.63, 3.8) is 0 Å². The van der Waals surface area contributed by atoms with Crippen molar-refractivity contribution in [1.29, 1.82) is 0 Å². The maximum Gasteiger partial charge on any atom is 0.230 e. The van der Waals surface area contributed by atoms with E-state index in [1.165, 1.54) is 35.7 Å². The Labute approximate surface area is 206 Å². The molecule has 1 fully saturated rings. The SMILES string of the molecule is Cc1ccc(-n2cc(-c3ccc(Cl)cc3)nc2SCC(=O)N[C@@H]2CCC[C@H](C)[C@@H]2C)c(C)c1. The number of hydrogen-bond donors (Lipinski definition) is 1. The Morgan fingerprint density at radius 2 is 1.91 bits per heavy atom. The van der Waals surface area contributed by atoms with Gasteiger partial charge < -0.3 is 5.32 Å². The molecule has 174 valence electrons. The number of nitrogens with one attached hydrogen (secondary N) is 1. The van der Waals surface area contributed by atoms with E-state index in [0.29, 0.717) is 22.6 Å². The molecular weight excluding hydrogens is 450 g/mol. The molecular formula is C27H32ClN3OS. The van der Waals surface area contributed by atoms with Gasteiger partial charge in [0.25, 0.3) is 0 Å². The number of halogens is 1. The highest BCUT2D eigenvalue weighted by atomic mass is 35.5. The van der Waals surface area contributed by atoms with Crippen LogP contribution >= 0.6 is 23.4 Å². The number of aryl methyl sites for hydroxylation is 2. The van der Waals surface area contributed by atoms with Crippen molar-refractivity contribution in [2.24, 2.45) is 11.8 Å². The molecule has 3 atom stereocenters. The number of benzene rings is 2. The lowest BCUT2D eigenvalue weighted by Crippen LogP contribution is -2.44. The first-order valence-corrected chi connectivity index (χ1v) is 13.0. The summed E-state index contributed by atoms with van der Waals surface area (Å²) < 4.78 is 2.10. The predicted octanol–water partition coefficient (Wildman–Crippen LogP) is 6.84. The number of aromatic nitrogens is 2. The highest BCUT2D eigenvalue weighted by molar-refractivity contribution is 7.99. The minimum Gasteiger partial charge on any atom is -0.352 e. The second-order valence-corrected chi connectivity index (χ2v) is 10.7. The van der Waals surface area contributed by atoms with Crippen molar-refractivity contribution in [2.75, 3.05) is 5.75 Å². The van der Waals surface area contributed by atoms with Gasteiger partial charge in [0.2, 0.25) is 5.91 Å². The van der Waals surface area contributed by atoms with Crippen molar-refractivity contribution in [3.05, 3.63) is 64.8 Å². The molecule has 6 heteroatoms. The maximum atomic E-state index is 12.8. The summed E-state index contributed by atoms with van der Waals surface area (Å²) in [5, 5.41) is 4.79. The van der Waals surface area contributed by atoms with Crippen LogP contribution in [0.25, 0.3) is 16.9 Å². The lowest BCUT2D eigenvalue weighted by Gasteiger charge is -2.34. The molecule has 1 saturated carbocycles. The highest BCUT2D eigenvalue weighted by Gasteiger charge is 2.28. The van der Waals surface area contributed by atoms with Crippen LogP contribution in [0.2, 0.25) is 5.02 Å². The topological polar surface area (TPSA) is 46.9 Å². The van der Waals surface area contributed by atoms with Gasteiger partial charge in [-0.1, -0.05) is 79.9 Å². The smallest absolute Gasteiger partial charge is 0.230 e. The van der Waals surface area contributed by atoms with Gasteiger partial charge in [-0.15, -0.1) is 0 Å². The Bertz CT molecular complexity index is 1120. The van der Waals surface area contributed by atoms with Crippen LogP contribution in [-0.4, -0.2) is 27.3 Å². The normalized spacial score (nSPS) is 20.6. The second kappa shape index (κ2) is 10.4. The van der Waals surface area contributed by atoms with Crippen LogP contribution in [0, 0.1) is 25.7 Å². The molecule has 0 spiro atoms. The third-order valence-electron chi connectivity index (χ3n) is 6.81. The van der Waals surface area contributed by atoms with Gasteiger partial charge in [0.05, 0.1) is 17.1 Å². The van der Waals surface area contributed by atoms with E-state index in [1.807, 2.05) is 30.5 Å². The summed E-state index contributed by atoms with van der Waals surface area (Å²) in [5.41, 5.74) is 5.33. The lowest BCUT2D eigenvalue weighted by atomic mass is 9.78. The van der Waals surface area contributed by atoms with E-state index in [1.54, 1.807) is 0 Å². The van der Waals surface area contributed by atoms with Crippen molar-refractivity contribution in [3.8, 4) is 16.9 Å². The Balaban J connectivity index is 1.56. The fraction of sp³-hybridized carbons (Fsp3) is 0.407. The van der Waals surface area contributed by atoms with Crippen LogP contribution in [0.5, 0.6) is 0 Å². The Hall–Kier alpha value is -2.24. The van der Waals surface area contributed by atoms with Gasteiger partial charge in [-0.3, -0.25) is 9.36 Å². The van der Waals surface area contributed by atoms with Crippen molar-refractivity contribution in [1.82, 2.24) is 14.9 Å². The number of nitrogens with zero attached hydrogens (tertiary/aromatic N) is 2. The molecule has 33 heavy (non-hydrogen) atoms. The van der Waals surface area contributed by atoms with Crippen LogP contribution in [0.15, 0.2) is 53.8 Å². The van der Waals surface area contributed by atoms with Gasteiger partial charge in [-0.25, -0.2) is 4.98 Å². The summed E-state index contributed by atoms with van der Waals surface area (Å²) in [4.78, 5) is 17.7. The summed E-state index contributed by atoms with van der Waals surface area (Å²) in [6.45, 7) is 8.75. The summed E-state index contributed by atoms with van der Waals surface area (Å²) in [7, 11) is 0. The van der Waals surface area contributed by atoms with E-state index in [4.69, 9.17) is 16.6 Å². The Morgan fingerprint density at radius 1 is 1.15 bits per heavy atom. The van der Waals surface area contributed by atoms with Crippen LogP contribution in [-0.2, 0) is 4.79 Å². The first kappa shape index (κ1) is 23.9. The predicted molar refractivity (Wildman–Crippen MR) is 138 cm³/mol. The van der Waals surface area contributed by atoms with Gasteiger partial charge in [0.15, 0.2) is 5.16 Å². The molecule has 1 amide bonds. The molecule has 2 aromatic carbocycles. The minimum atomic E-state index is 0.0779. The molecule has 1 aliphatic rings.